The van der Waals surface area contributed by atoms with Gasteiger partial charge in [0.25, 0.3) is 0 Å². The standard InChI is InChI=1S/C22H20N6O/c23-15-12-28(13-15)20-10-9-19-21(27-20)22(25-14-24-19)26-16-5-4-8-18(11-16)29-17-6-2-1-3-7-17/h1-11,14-15H,12-13,23H2,(H,24,25,26). The highest BCUT2D eigenvalue weighted by Gasteiger charge is 2.24. The van der Waals surface area contributed by atoms with Gasteiger partial charge in [-0.25, -0.2) is 15.0 Å². The summed E-state index contributed by atoms with van der Waals surface area (Å²) in [6.07, 6.45) is 1.54. The molecule has 0 radical (unpaired) electrons. The number of nitrogens with one attached hydrogen (secondary N) is 1. The van der Waals surface area contributed by atoms with E-state index in [1.165, 1.54) is 6.33 Å². The number of para-hydroxylation sites is 1. The van der Waals surface area contributed by atoms with E-state index in [0.717, 1.165) is 47.1 Å². The Morgan fingerprint density at radius 1 is 0.931 bits per heavy atom. The Labute approximate surface area is 168 Å². The van der Waals surface area contributed by atoms with E-state index in [2.05, 4.69) is 20.2 Å². The lowest BCUT2D eigenvalue weighted by Gasteiger charge is -2.37. The van der Waals surface area contributed by atoms with Gasteiger partial charge in [-0.1, -0.05) is 24.3 Å². The smallest absolute Gasteiger partial charge is 0.160 e. The number of anilines is 3. The predicted octanol–water partition coefficient (Wildman–Crippen LogP) is 3.71. The largest absolute Gasteiger partial charge is 0.457 e. The molecule has 0 bridgehead atoms. The fraction of sp³-hybridized carbons (Fsp3) is 0.136. The molecule has 29 heavy (non-hydrogen) atoms. The van der Waals surface area contributed by atoms with E-state index in [0.29, 0.717) is 5.82 Å². The second-order valence-corrected chi connectivity index (χ2v) is 6.99. The number of aromatic nitrogens is 3. The highest BCUT2D eigenvalue weighted by atomic mass is 16.5. The Morgan fingerprint density at radius 3 is 2.59 bits per heavy atom. The minimum atomic E-state index is 0.212. The molecular weight excluding hydrogens is 364 g/mol. The minimum Gasteiger partial charge on any atom is -0.457 e. The van der Waals surface area contributed by atoms with E-state index < -0.39 is 0 Å². The molecule has 2 aromatic carbocycles. The van der Waals surface area contributed by atoms with Gasteiger partial charge in [-0.05, 0) is 36.4 Å². The van der Waals surface area contributed by atoms with Gasteiger partial charge in [0.15, 0.2) is 5.82 Å². The molecule has 1 aliphatic rings. The zero-order chi connectivity index (χ0) is 19.6. The van der Waals surface area contributed by atoms with Gasteiger partial charge in [0, 0.05) is 30.9 Å². The minimum absolute atomic E-state index is 0.212. The van der Waals surface area contributed by atoms with E-state index in [1.54, 1.807) is 0 Å². The van der Waals surface area contributed by atoms with Gasteiger partial charge in [-0.3, -0.25) is 0 Å². The van der Waals surface area contributed by atoms with Gasteiger partial charge in [-0.2, -0.15) is 0 Å². The number of benzene rings is 2. The number of nitrogens with two attached hydrogens (primary N) is 1. The number of nitrogens with zero attached hydrogens (tertiary/aromatic N) is 4. The average Bonchev–Trinajstić information content (AvgIpc) is 2.73. The van der Waals surface area contributed by atoms with Crippen LogP contribution in [0.4, 0.5) is 17.3 Å². The molecule has 4 aromatic rings. The van der Waals surface area contributed by atoms with Crippen LogP contribution in [0.5, 0.6) is 11.5 Å². The maximum atomic E-state index is 5.92. The Hall–Kier alpha value is -3.71. The van der Waals surface area contributed by atoms with Crippen LogP contribution in [-0.2, 0) is 0 Å². The first-order chi connectivity index (χ1) is 14.2. The monoisotopic (exact) mass is 384 g/mol. The molecule has 0 unspecified atom stereocenters. The zero-order valence-electron chi connectivity index (χ0n) is 15.7. The quantitative estimate of drug-likeness (QED) is 0.542. The van der Waals surface area contributed by atoms with Gasteiger partial charge in [0.2, 0.25) is 0 Å². The summed E-state index contributed by atoms with van der Waals surface area (Å²) in [5, 5.41) is 3.35. The van der Waals surface area contributed by atoms with Crippen molar-refractivity contribution >= 4 is 28.4 Å². The van der Waals surface area contributed by atoms with Crippen LogP contribution in [0.1, 0.15) is 0 Å². The van der Waals surface area contributed by atoms with E-state index in [9.17, 15) is 0 Å². The Morgan fingerprint density at radius 2 is 1.76 bits per heavy atom. The normalized spacial score (nSPS) is 13.9. The third-order valence-electron chi connectivity index (χ3n) is 4.78. The number of rotatable bonds is 5. The lowest BCUT2D eigenvalue weighted by molar-refractivity contribution is 0.483. The molecule has 1 aliphatic heterocycles. The summed E-state index contributed by atoms with van der Waals surface area (Å²) in [5.74, 6) is 3.07. The van der Waals surface area contributed by atoms with Crippen LogP contribution in [0.2, 0.25) is 0 Å². The SMILES string of the molecule is NC1CN(c2ccc3ncnc(Nc4cccc(Oc5ccccc5)c4)c3n2)C1. The fourth-order valence-corrected chi connectivity index (χ4v) is 3.30. The van der Waals surface area contributed by atoms with Crippen LogP contribution < -0.4 is 20.7 Å². The third-order valence-corrected chi connectivity index (χ3v) is 4.78. The highest BCUT2D eigenvalue weighted by Crippen LogP contribution is 2.28. The van der Waals surface area contributed by atoms with E-state index >= 15 is 0 Å². The summed E-state index contributed by atoms with van der Waals surface area (Å²) in [4.78, 5) is 15.7. The molecule has 3 heterocycles. The molecule has 0 aliphatic carbocycles. The van der Waals surface area contributed by atoms with Gasteiger partial charge in [0.1, 0.15) is 29.2 Å². The molecule has 1 saturated heterocycles. The predicted molar refractivity (Wildman–Crippen MR) is 114 cm³/mol. The maximum absolute atomic E-state index is 5.92. The molecule has 2 aromatic heterocycles. The van der Waals surface area contributed by atoms with Crippen molar-refractivity contribution in [1.29, 1.82) is 0 Å². The molecular formula is C22H20N6O. The Kier molecular flexibility index (Phi) is 4.42. The van der Waals surface area contributed by atoms with Crippen molar-refractivity contribution in [2.45, 2.75) is 6.04 Å². The van der Waals surface area contributed by atoms with Crippen molar-refractivity contribution in [3.05, 3.63) is 73.1 Å². The molecule has 144 valence electrons. The van der Waals surface area contributed by atoms with Crippen LogP contribution >= 0.6 is 0 Å². The van der Waals surface area contributed by atoms with Crippen molar-refractivity contribution < 1.29 is 4.74 Å². The van der Waals surface area contributed by atoms with Crippen LogP contribution in [0.25, 0.3) is 11.0 Å². The molecule has 5 rings (SSSR count). The summed E-state index contributed by atoms with van der Waals surface area (Å²) in [7, 11) is 0. The van der Waals surface area contributed by atoms with Gasteiger partial charge in [-0.15, -0.1) is 0 Å². The topological polar surface area (TPSA) is 89.2 Å². The number of hydrogen-bond donors (Lipinski definition) is 2. The summed E-state index contributed by atoms with van der Waals surface area (Å²) < 4.78 is 5.92. The Bertz CT molecular complexity index is 1140. The number of pyridine rings is 1. The first-order valence-corrected chi connectivity index (χ1v) is 9.47. The highest BCUT2D eigenvalue weighted by molar-refractivity contribution is 5.88. The van der Waals surface area contributed by atoms with Crippen molar-refractivity contribution in [3.8, 4) is 11.5 Å². The van der Waals surface area contributed by atoms with Crippen LogP contribution in [0.3, 0.4) is 0 Å². The second kappa shape index (κ2) is 7.37. The summed E-state index contributed by atoms with van der Waals surface area (Å²) in [6.45, 7) is 1.63. The number of ether oxygens (including phenoxy) is 1. The lowest BCUT2D eigenvalue weighted by atomic mass is 10.1. The molecule has 7 nitrogen and oxygen atoms in total. The van der Waals surface area contributed by atoms with E-state index in [-0.39, 0.29) is 6.04 Å². The summed E-state index contributed by atoms with van der Waals surface area (Å²) in [5.41, 5.74) is 8.27. The first-order valence-electron chi connectivity index (χ1n) is 9.47. The van der Waals surface area contributed by atoms with Crippen molar-refractivity contribution in [1.82, 2.24) is 15.0 Å². The maximum Gasteiger partial charge on any atom is 0.160 e. The number of fused-ring (bicyclic) bond motifs is 1. The Balaban J connectivity index is 1.42. The molecule has 1 fully saturated rings. The van der Waals surface area contributed by atoms with Crippen LogP contribution in [0.15, 0.2) is 73.1 Å². The van der Waals surface area contributed by atoms with Gasteiger partial charge in [0.05, 0.1) is 5.52 Å². The van der Waals surface area contributed by atoms with Crippen molar-refractivity contribution in [2.24, 2.45) is 5.73 Å². The molecule has 0 saturated carbocycles. The van der Waals surface area contributed by atoms with Crippen LogP contribution in [-0.4, -0.2) is 34.1 Å². The zero-order valence-corrected chi connectivity index (χ0v) is 15.7. The van der Waals surface area contributed by atoms with E-state index in [1.807, 2.05) is 66.7 Å². The first kappa shape index (κ1) is 17.4. The van der Waals surface area contributed by atoms with E-state index in [4.69, 9.17) is 15.5 Å². The van der Waals surface area contributed by atoms with Gasteiger partial charge >= 0.3 is 0 Å². The number of hydrogen-bond acceptors (Lipinski definition) is 7. The van der Waals surface area contributed by atoms with Crippen LogP contribution in [0, 0.1) is 0 Å². The van der Waals surface area contributed by atoms with Gasteiger partial charge < -0.3 is 20.7 Å². The third kappa shape index (κ3) is 3.68. The van der Waals surface area contributed by atoms with Crippen molar-refractivity contribution in [2.75, 3.05) is 23.3 Å². The lowest BCUT2D eigenvalue weighted by Crippen LogP contribution is -2.56. The molecule has 0 atom stereocenters. The molecule has 0 amide bonds. The summed E-state index contributed by atoms with van der Waals surface area (Å²) >= 11 is 0. The molecule has 7 heteroatoms. The fourth-order valence-electron chi connectivity index (χ4n) is 3.30. The molecule has 3 N–H and O–H groups in total. The second-order valence-electron chi connectivity index (χ2n) is 6.99. The van der Waals surface area contributed by atoms with Crippen molar-refractivity contribution in [3.63, 3.8) is 0 Å². The molecule has 0 spiro atoms. The average molecular weight is 384 g/mol. The summed E-state index contributed by atoms with van der Waals surface area (Å²) in [6, 6.07) is 21.6.